The molecule has 1 aromatic carbocycles. The van der Waals surface area contributed by atoms with Gasteiger partial charge in [0.15, 0.2) is 0 Å². The summed E-state index contributed by atoms with van der Waals surface area (Å²) in [5.74, 6) is -2.96. The van der Waals surface area contributed by atoms with Crippen molar-refractivity contribution in [3.8, 4) is 0 Å². The van der Waals surface area contributed by atoms with Crippen LogP contribution in [0, 0.1) is 5.92 Å². The zero-order valence-electron chi connectivity index (χ0n) is 16.8. The molecule has 1 heterocycles. The fourth-order valence-electron chi connectivity index (χ4n) is 3.99. The van der Waals surface area contributed by atoms with Crippen molar-refractivity contribution in [2.45, 2.75) is 44.6 Å². The van der Waals surface area contributed by atoms with Crippen molar-refractivity contribution in [2.24, 2.45) is 5.92 Å². The van der Waals surface area contributed by atoms with Crippen LogP contribution in [-0.4, -0.2) is 60.3 Å². The Morgan fingerprint density at radius 3 is 2.50 bits per heavy atom. The Morgan fingerprint density at radius 1 is 1.17 bits per heavy atom. The number of benzene rings is 1. The summed E-state index contributed by atoms with van der Waals surface area (Å²) in [5.41, 5.74) is 1.04. The average Bonchev–Trinajstić information content (AvgIpc) is 2.71. The lowest BCUT2D eigenvalue weighted by Gasteiger charge is -2.35. The molecule has 2 amide bonds. The Morgan fingerprint density at radius 2 is 1.83 bits per heavy atom. The lowest BCUT2D eigenvalue weighted by atomic mass is 9.84. The number of alkyl halides is 2. The predicted octanol–water partition coefficient (Wildman–Crippen LogP) is 4.08. The molecule has 0 unspecified atom stereocenters. The molecule has 9 heteroatoms. The molecule has 1 saturated heterocycles. The lowest BCUT2D eigenvalue weighted by molar-refractivity contribution is -0.134. The van der Waals surface area contributed by atoms with Crippen molar-refractivity contribution in [2.75, 3.05) is 32.7 Å². The first-order valence-corrected chi connectivity index (χ1v) is 11.5. The van der Waals surface area contributed by atoms with Crippen molar-refractivity contribution in [1.29, 1.82) is 0 Å². The van der Waals surface area contributed by atoms with Crippen LogP contribution < -0.4 is 5.32 Å². The summed E-state index contributed by atoms with van der Waals surface area (Å²) >= 11 is 9.72. The topological polar surface area (TPSA) is 52.7 Å². The summed E-state index contributed by atoms with van der Waals surface area (Å²) in [6, 6.07) is 5.77. The Labute approximate surface area is 189 Å². The first-order chi connectivity index (χ1) is 14.2. The van der Waals surface area contributed by atoms with Crippen molar-refractivity contribution >= 4 is 39.3 Å². The van der Waals surface area contributed by atoms with E-state index in [1.807, 2.05) is 18.2 Å². The molecule has 30 heavy (non-hydrogen) atoms. The van der Waals surface area contributed by atoms with Crippen LogP contribution in [0.25, 0.3) is 0 Å². The van der Waals surface area contributed by atoms with Crippen LogP contribution in [-0.2, 0) is 16.1 Å². The van der Waals surface area contributed by atoms with E-state index in [0.29, 0.717) is 25.9 Å². The third-order valence-electron chi connectivity index (χ3n) is 5.87. The van der Waals surface area contributed by atoms with Crippen molar-refractivity contribution in [1.82, 2.24) is 15.1 Å². The van der Waals surface area contributed by atoms with Gasteiger partial charge in [-0.05, 0) is 42.5 Å². The van der Waals surface area contributed by atoms with E-state index in [1.165, 1.54) is 0 Å². The molecular formula is C21H27BrClF2N3O2. The maximum Gasteiger partial charge on any atom is 0.248 e. The molecule has 1 aromatic rings. The van der Waals surface area contributed by atoms with Crippen molar-refractivity contribution in [3.05, 3.63) is 33.3 Å². The molecule has 1 aliphatic carbocycles. The van der Waals surface area contributed by atoms with Gasteiger partial charge in [-0.15, -0.1) is 0 Å². The summed E-state index contributed by atoms with van der Waals surface area (Å²) < 4.78 is 27.4. The standard InChI is InChI=1S/C21H27BrClF2N3O2/c22-17-1-2-18(23)16(12-17)14-27-7-9-28(10-8-27)20(30)13-26-19(29)11-15-3-5-21(24,25)6-4-15/h1-2,12,15H,3-11,13-14H2,(H,26,29). The van der Waals surface area contributed by atoms with Crippen molar-refractivity contribution < 1.29 is 18.4 Å². The predicted molar refractivity (Wildman–Crippen MR) is 116 cm³/mol. The van der Waals surface area contributed by atoms with Crippen LogP contribution >= 0.6 is 27.5 Å². The molecule has 0 atom stereocenters. The smallest absolute Gasteiger partial charge is 0.248 e. The van der Waals surface area contributed by atoms with Gasteiger partial charge in [0.05, 0.1) is 6.54 Å². The van der Waals surface area contributed by atoms with Crippen LogP contribution in [0.15, 0.2) is 22.7 Å². The highest BCUT2D eigenvalue weighted by Gasteiger charge is 2.35. The number of hydrogen-bond acceptors (Lipinski definition) is 3. The molecule has 1 aliphatic heterocycles. The summed E-state index contributed by atoms with van der Waals surface area (Å²) in [4.78, 5) is 28.5. The van der Waals surface area contributed by atoms with Crippen LogP contribution in [0.5, 0.6) is 0 Å². The van der Waals surface area contributed by atoms with Gasteiger partial charge in [0.2, 0.25) is 17.7 Å². The molecule has 0 bridgehead atoms. The fraction of sp³-hybridized carbons (Fsp3) is 0.619. The highest BCUT2D eigenvalue weighted by molar-refractivity contribution is 9.10. The Balaban J connectivity index is 1.36. The molecule has 1 N–H and O–H groups in total. The van der Waals surface area contributed by atoms with E-state index in [-0.39, 0.29) is 43.5 Å². The third kappa shape index (κ3) is 6.89. The van der Waals surface area contributed by atoms with Gasteiger partial charge >= 0.3 is 0 Å². The van der Waals surface area contributed by atoms with Gasteiger partial charge in [-0.2, -0.15) is 0 Å². The number of amides is 2. The summed E-state index contributed by atoms with van der Waals surface area (Å²) in [5, 5.41) is 3.38. The number of piperazine rings is 1. The minimum absolute atomic E-state index is 0.0203. The van der Waals surface area contributed by atoms with E-state index >= 15 is 0 Å². The third-order valence-corrected chi connectivity index (χ3v) is 6.74. The number of hydrogen-bond donors (Lipinski definition) is 1. The van der Waals surface area contributed by atoms with E-state index in [4.69, 9.17) is 11.6 Å². The van der Waals surface area contributed by atoms with Crippen LogP contribution in [0.1, 0.15) is 37.7 Å². The SMILES string of the molecule is O=C(CC1CCC(F)(F)CC1)NCC(=O)N1CCN(Cc2cc(Br)ccc2Cl)CC1. The van der Waals surface area contributed by atoms with Gasteiger partial charge in [0, 0.05) is 61.5 Å². The maximum absolute atomic E-state index is 13.2. The summed E-state index contributed by atoms with van der Waals surface area (Å²) in [6.45, 7) is 3.34. The number of halogens is 4. The molecular weight excluding hydrogens is 480 g/mol. The largest absolute Gasteiger partial charge is 0.347 e. The van der Waals surface area contributed by atoms with Gasteiger partial charge in [0.25, 0.3) is 0 Å². The zero-order chi connectivity index (χ0) is 21.7. The normalized spacial score (nSPS) is 20.2. The second-order valence-corrected chi connectivity index (χ2v) is 9.50. The van der Waals surface area contributed by atoms with Gasteiger partial charge in [-0.1, -0.05) is 27.5 Å². The van der Waals surface area contributed by atoms with Crippen molar-refractivity contribution in [3.63, 3.8) is 0 Å². The van der Waals surface area contributed by atoms with E-state index in [9.17, 15) is 18.4 Å². The van der Waals surface area contributed by atoms with Gasteiger partial charge in [-0.25, -0.2) is 8.78 Å². The fourth-order valence-corrected chi connectivity index (χ4v) is 4.57. The summed E-state index contributed by atoms with van der Waals surface area (Å²) in [7, 11) is 0. The first-order valence-electron chi connectivity index (χ1n) is 10.3. The van der Waals surface area contributed by atoms with Crippen LogP contribution in [0.4, 0.5) is 8.78 Å². The minimum Gasteiger partial charge on any atom is -0.347 e. The molecule has 3 rings (SSSR count). The molecule has 2 fully saturated rings. The monoisotopic (exact) mass is 505 g/mol. The molecule has 0 spiro atoms. The Hall–Kier alpha value is -1.25. The maximum atomic E-state index is 13.2. The molecule has 0 radical (unpaired) electrons. The van der Waals surface area contributed by atoms with Crippen LogP contribution in [0.3, 0.4) is 0 Å². The van der Waals surface area contributed by atoms with Gasteiger partial charge in [0.1, 0.15) is 0 Å². The lowest BCUT2D eigenvalue weighted by Crippen LogP contribution is -2.51. The van der Waals surface area contributed by atoms with Gasteiger partial charge in [-0.3, -0.25) is 14.5 Å². The summed E-state index contributed by atoms with van der Waals surface area (Å²) in [6.07, 6.45) is 0.625. The molecule has 2 aliphatic rings. The first kappa shape index (κ1) is 23.4. The molecule has 166 valence electrons. The number of carbonyl (C=O) groups is 2. The zero-order valence-corrected chi connectivity index (χ0v) is 19.2. The molecule has 1 saturated carbocycles. The van der Waals surface area contributed by atoms with Crippen LogP contribution in [0.2, 0.25) is 5.02 Å². The Kier molecular flexibility index (Phi) is 8.10. The number of nitrogens with one attached hydrogen (secondary N) is 1. The second kappa shape index (κ2) is 10.4. The Bertz CT molecular complexity index is 763. The van der Waals surface area contributed by atoms with E-state index < -0.39 is 5.92 Å². The van der Waals surface area contributed by atoms with E-state index in [2.05, 4.69) is 26.1 Å². The van der Waals surface area contributed by atoms with Gasteiger partial charge < -0.3 is 10.2 Å². The quantitative estimate of drug-likeness (QED) is 0.633. The minimum atomic E-state index is -2.59. The second-order valence-electron chi connectivity index (χ2n) is 8.17. The number of nitrogens with zero attached hydrogens (tertiary/aromatic N) is 2. The molecule has 0 aromatic heterocycles. The highest BCUT2D eigenvalue weighted by Crippen LogP contribution is 2.37. The number of carbonyl (C=O) groups excluding carboxylic acids is 2. The van der Waals surface area contributed by atoms with E-state index in [1.54, 1.807) is 4.90 Å². The average molecular weight is 507 g/mol. The molecule has 5 nitrogen and oxygen atoms in total. The highest BCUT2D eigenvalue weighted by atomic mass is 79.9. The van der Waals surface area contributed by atoms with E-state index in [0.717, 1.165) is 34.7 Å². The number of rotatable bonds is 6.